The van der Waals surface area contributed by atoms with Crippen LogP contribution in [0.25, 0.3) is 0 Å². The minimum atomic E-state index is -3.57. The molecule has 4 nitrogen and oxygen atoms in total. The van der Waals surface area contributed by atoms with Crippen LogP contribution < -0.4 is 4.72 Å². The van der Waals surface area contributed by atoms with Gasteiger partial charge in [-0.3, -0.25) is 0 Å². The number of rotatable bonds is 6. The monoisotopic (exact) mass is 276 g/mol. The standard InChI is InChI=1S/C11H17ClN2O2S/c1-3-4-6-9(2)14-17(15,16)10-7-5-8-13-11(10)12/h5,7-9,14H,3-4,6H2,1-2H3. The van der Waals surface area contributed by atoms with Gasteiger partial charge in [0.2, 0.25) is 10.0 Å². The maximum Gasteiger partial charge on any atom is 0.243 e. The number of hydrogen-bond donors (Lipinski definition) is 1. The molecule has 1 N–H and O–H groups in total. The Morgan fingerprint density at radius 2 is 2.24 bits per heavy atom. The van der Waals surface area contributed by atoms with Crippen molar-refractivity contribution in [3.8, 4) is 0 Å². The molecule has 1 rings (SSSR count). The van der Waals surface area contributed by atoms with Crippen LogP contribution in [0.4, 0.5) is 0 Å². The van der Waals surface area contributed by atoms with Gasteiger partial charge in [-0.2, -0.15) is 0 Å². The Labute approximate surface area is 107 Å². The van der Waals surface area contributed by atoms with Crippen molar-refractivity contribution in [3.63, 3.8) is 0 Å². The molecule has 1 atom stereocenters. The number of nitrogens with one attached hydrogen (secondary N) is 1. The van der Waals surface area contributed by atoms with Gasteiger partial charge in [-0.15, -0.1) is 0 Å². The number of sulfonamides is 1. The fraction of sp³-hybridized carbons (Fsp3) is 0.545. The Kier molecular flexibility index (Phi) is 5.36. The highest BCUT2D eigenvalue weighted by Gasteiger charge is 2.20. The van der Waals surface area contributed by atoms with E-state index in [0.29, 0.717) is 0 Å². The minimum Gasteiger partial charge on any atom is -0.243 e. The van der Waals surface area contributed by atoms with Crippen LogP contribution >= 0.6 is 11.6 Å². The lowest BCUT2D eigenvalue weighted by Gasteiger charge is -2.14. The Bertz CT molecular complexity index is 462. The van der Waals surface area contributed by atoms with Gasteiger partial charge in [0.05, 0.1) is 0 Å². The summed E-state index contributed by atoms with van der Waals surface area (Å²) >= 11 is 5.77. The van der Waals surface area contributed by atoms with E-state index in [-0.39, 0.29) is 16.1 Å². The molecule has 17 heavy (non-hydrogen) atoms. The highest BCUT2D eigenvalue weighted by atomic mass is 35.5. The van der Waals surface area contributed by atoms with Gasteiger partial charge in [-0.05, 0) is 25.5 Å². The number of halogens is 1. The van der Waals surface area contributed by atoms with Crippen molar-refractivity contribution in [2.45, 2.75) is 44.0 Å². The molecule has 96 valence electrons. The van der Waals surface area contributed by atoms with Crippen LogP contribution in [0.3, 0.4) is 0 Å². The number of nitrogens with zero attached hydrogens (tertiary/aromatic N) is 1. The fourth-order valence-corrected chi connectivity index (χ4v) is 3.20. The maximum absolute atomic E-state index is 12.0. The zero-order valence-electron chi connectivity index (χ0n) is 9.98. The second-order valence-corrected chi connectivity index (χ2v) is 6.00. The van der Waals surface area contributed by atoms with E-state index in [1.165, 1.54) is 12.3 Å². The molecule has 1 aromatic rings. The lowest BCUT2D eigenvalue weighted by molar-refractivity contribution is 0.534. The van der Waals surface area contributed by atoms with Gasteiger partial charge in [-0.1, -0.05) is 31.4 Å². The first-order valence-electron chi connectivity index (χ1n) is 5.60. The first-order valence-corrected chi connectivity index (χ1v) is 7.46. The van der Waals surface area contributed by atoms with E-state index in [0.717, 1.165) is 19.3 Å². The highest BCUT2D eigenvalue weighted by Crippen LogP contribution is 2.18. The summed E-state index contributed by atoms with van der Waals surface area (Å²) in [6.07, 6.45) is 4.31. The molecule has 0 aliphatic carbocycles. The Morgan fingerprint density at radius 3 is 2.82 bits per heavy atom. The largest absolute Gasteiger partial charge is 0.243 e. The van der Waals surface area contributed by atoms with E-state index in [1.807, 2.05) is 6.92 Å². The van der Waals surface area contributed by atoms with Gasteiger partial charge >= 0.3 is 0 Å². The molecular formula is C11H17ClN2O2S. The van der Waals surface area contributed by atoms with Crippen LogP contribution in [0, 0.1) is 0 Å². The molecule has 0 saturated carbocycles. The quantitative estimate of drug-likeness (QED) is 0.813. The number of pyridine rings is 1. The molecule has 0 saturated heterocycles. The summed E-state index contributed by atoms with van der Waals surface area (Å²) in [4.78, 5) is 3.79. The van der Waals surface area contributed by atoms with Crippen LogP contribution in [-0.4, -0.2) is 19.4 Å². The summed E-state index contributed by atoms with van der Waals surface area (Å²) in [5.74, 6) is 0. The summed E-state index contributed by atoms with van der Waals surface area (Å²) in [6.45, 7) is 3.91. The lowest BCUT2D eigenvalue weighted by atomic mass is 10.2. The third-order valence-electron chi connectivity index (χ3n) is 2.36. The van der Waals surface area contributed by atoms with E-state index in [9.17, 15) is 8.42 Å². The lowest BCUT2D eigenvalue weighted by Crippen LogP contribution is -2.32. The molecule has 0 fully saturated rings. The topological polar surface area (TPSA) is 59.1 Å². The van der Waals surface area contributed by atoms with Crippen molar-refractivity contribution in [1.29, 1.82) is 0 Å². The van der Waals surface area contributed by atoms with E-state index < -0.39 is 10.0 Å². The highest BCUT2D eigenvalue weighted by molar-refractivity contribution is 7.89. The summed E-state index contributed by atoms with van der Waals surface area (Å²) in [7, 11) is -3.57. The predicted octanol–water partition coefficient (Wildman–Crippen LogP) is 2.59. The summed E-state index contributed by atoms with van der Waals surface area (Å²) in [5, 5.41) is 0.00249. The Hall–Kier alpha value is -0.650. The molecule has 0 radical (unpaired) electrons. The van der Waals surface area contributed by atoms with E-state index in [2.05, 4.69) is 16.6 Å². The second-order valence-electron chi connectivity index (χ2n) is 3.96. The van der Waals surface area contributed by atoms with Crippen LogP contribution in [0.1, 0.15) is 33.1 Å². The molecule has 0 bridgehead atoms. The molecule has 0 aliphatic heterocycles. The second kappa shape index (κ2) is 6.33. The zero-order chi connectivity index (χ0) is 12.9. The number of unbranched alkanes of at least 4 members (excludes halogenated alkanes) is 1. The van der Waals surface area contributed by atoms with Crippen molar-refractivity contribution in [3.05, 3.63) is 23.5 Å². The first kappa shape index (κ1) is 14.4. The van der Waals surface area contributed by atoms with Gasteiger partial charge in [0.15, 0.2) is 0 Å². The summed E-state index contributed by atoms with van der Waals surface area (Å²) in [6, 6.07) is 2.90. The van der Waals surface area contributed by atoms with Crippen LogP contribution in [-0.2, 0) is 10.0 Å². The summed E-state index contributed by atoms with van der Waals surface area (Å²) in [5.41, 5.74) is 0. The average molecular weight is 277 g/mol. The average Bonchev–Trinajstić information content (AvgIpc) is 2.26. The smallest absolute Gasteiger partial charge is 0.243 e. The Morgan fingerprint density at radius 1 is 1.53 bits per heavy atom. The third-order valence-corrected chi connectivity index (χ3v) is 4.40. The van der Waals surface area contributed by atoms with E-state index in [1.54, 1.807) is 6.07 Å². The summed E-state index contributed by atoms with van der Waals surface area (Å²) < 4.78 is 26.6. The van der Waals surface area contributed by atoms with Crippen molar-refractivity contribution in [1.82, 2.24) is 9.71 Å². The zero-order valence-corrected chi connectivity index (χ0v) is 11.6. The molecule has 0 spiro atoms. The molecule has 1 aromatic heterocycles. The van der Waals surface area contributed by atoms with E-state index in [4.69, 9.17) is 11.6 Å². The van der Waals surface area contributed by atoms with Crippen LogP contribution in [0.2, 0.25) is 5.15 Å². The van der Waals surface area contributed by atoms with Gasteiger partial charge in [0, 0.05) is 12.2 Å². The van der Waals surface area contributed by atoms with Crippen molar-refractivity contribution >= 4 is 21.6 Å². The Balaban J connectivity index is 2.79. The maximum atomic E-state index is 12.0. The number of hydrogen-bond acceptors (Lipinski definition) is 3. The molecule has 1 unspecified atom stereocenters. The molecule has 1 heterocycles. The van der Waals surface area contributed by atoms with Gasteiger partial charge < -0.3 is 0 Å². The van der Waals surface area contributed by atoms with Gasteiger partial charge in [0.25, 0.3) is 0 Å². The van der Waals surface area contributed by atoms with Crippen LogP contribution in [0.15, 0.2) is 23.2 Å². The first-order chi connectivity index (χ1) is 7.97. The molecular weight excluding hydrogens is 260 g/mol. The van der Waals surface area contributed by atoms with Crippen molar-refractivity contribution < 1.29 is 8.42 Å². The van der Waals surface area contributed by atoms with Gasteiger partial charge in [-0.25, -0.2) is 18.1 Å². The number of aromatic nitrogens is 1. The van der Waals surface area contributed by atoms with Crippen molar-refractivity contribution in [2.75, 3.05) is 0 Å². The fourth-order valence-electron chi connectivity index (χ4n) is 1.47. The normalized spacial score (nSPS) is 13.6. The third kappa shape index (κ3) is 4.26. The van der Waals surface area contributed by atoms with Crippen LogP contribution in [0.5, 0.6) is 0 Å². The SMILES string of the molecule is CCCCC(C)NS(=O)(=O)c1cccnc1Cl. The van der Waals surface area contributed by atoms with Gasteiger partial charge in [0.1, 0.15) is 10.0 Å². The van der Waals surface area contributed by atoms with E-state index >= 15 is 0 Å². The molecule has 6 heteroatoms. The predicted molar refractivity (Wildman–Crippen MR) is 68.6 cm³/mol. The molecule has 0 aromatic carbocycles. The van der Waals surface area contributed by atoms with Crippen molar-refractivity contribution in [2.24, 2.45) is 0 Å². The molecule has 0 aliphatic rings. The molecule has 0 amide bonds. The minimum absolute atomic E-state index is 0.00249.